The second-order valence-corrected chi connectivity index (χ2v) is 5.37. The van der Waals surface area contributed by atoms with Gasteiger partial charge < -0.3 is 15.5 Å². The van der Waals surface area contributed by atoms with Crippen LogP contribution in [0.2, 0.25) is 0 Å². The molecule has 2 atom stereocenters. The van der Waals surface area contributed by atoms with E-state index in [1.54, 1.807) is 21.0 Å². The van der Waals surface area contributed by atoms with Crippen LogP contribution in [0.1, 0.15) is 18.1 Å². The lowest BCUT2D eigenvalue weighted by molar-refractivity contribution is -0.134. The Balaban J connectivity index is 1.97. The van der Waals surface area contributed by atoms with Crippen LogP contribution in [0.3, 0.4) is 0 Å². The summed E-state index contributed by atoms with van der Waals surface area (Å²) in [6, 6.07) is 7.31. The van der Waals surface area contributed by atoms with Gasteiger partial charge in [0, 0.05) is 20.6 Å². The number of likely N-dealkylation sites (N-methyl/N-ethyl adjacent to an activating group) is 1. The van der Waals surface area contributed by atoms with E-state index in [0.29, 0.717) is 13.0 Å². The molecule has 0 radical (unpaired) electrons. The first-order valence-corrected chi connectivity index (χ1v) is 6.80. The molecule has 1 aliphatic heterocycles. The van der Waals surface area contributed by atoms with E-state index in [0.717, 1.165) is 0 Å². The van der Waals surface area contributed by atoms with E-state index in [1.165, 1.54) is 16.0 Å². The number of carbonyl (C=O) groups excluding carboxylic acids is 2. The lowest BCUT2D eigenvalue weighted by Crippen LogP contribution is -2.53. The molecule has 0 saturated heterocycles. The van der Waals surface area contributed by atoms with Crippen molar-refractivity contribution < 1.29 is 9.59 Å². The molecule has 5 nitrogen and oxygen atoms in total. The van der Waals surface area contributed by atoms with Crippen molar-refractivity contribution in [3.05, 3.63) is 35.4 Å². The van der Waals surface area contributed by atoms with Gasteiger partial charge in [0.2, 0.25) is 11.8 Å². The third-order valence-corrected chi connectivity index (χ3v) is 3.57. The van der Waals surface area contributed by atoms with Crippen LogP contribution in [-0.2, 0) is 22.6 Å². The molecule has 0 spiro atoms. The molecular formula is C15H21N3O2. The first-order valence-electron chi connectivity index (χ1n) is 6.80. The van der Waals surface area contributed by atoms with Crippen molar-refractivity contribution in [2.75, 3.05) is 14.1 Å². The topological polar surface area (TPSA) is 61.4 Å². The van der Waals surface area contributed by atoms with E-state index in [1.807, 2.05) is 18.2 Å². The lowest BCUT2D eigenvalue weighted by Gasteiger charge is -2.27. The minimum Gasteiger partial charge on any atom is -0.347 e. The van der Waals surface area contributed by atoms with Crippen molar-refractivity contribution in [3.63, 3.8) is 0 Å². The SMILES string of the molecule is CC(NC(=O)[C@H]1Cc2ccccc2CN1)C(=O)N(C)C. The quantitative estimate of drug-likeness (QED) is 0.834. The summed E-state index contributed by atoms with van der Waals surface area (Å²) in [7, 11) is 3.36. The summed E-state index contributed by atoms with van der Waals surface area (Å²) in [5.74, 6) is -0.225. The van der Waals surface area contributed by atoms with Crippen LogP contribution in [-0.4, -0.2) is 42.9 Å². The molecule has 0 fully saturated rings. The van der Waals surface area contributed by atoms with Gasteiger partial charge in [-0.25, -0.2) is 0 Å². The standard InChI is InChI=1S/C15H21N3O2/c1-10(15(20)18(2)3)17-14(19)13-8-11-6-4-5-7-12(11)9-16-13/h4-7,10,13,16H,8-9H2,1-3H3,(H,17,19)/t10?,13-/m1/s1. The van der Waals surface area contributed by atoms with E-state index in [4.69, 9.17) is 0 Å². The van der Waals surface area contributed by atoms with Gasteiger partial charge in [-0.3, -0.25) is 9.59 Å². The third-order valence-electron chi connectivity index (χ3n) is 3.57. The molecule has 0 saturated carbocycles. The maximum absolute atomic E-state index is 12.2. The predicted molar refractivity (Wildman–Crippen MR) is 77.1 cm³/mol. The number of carbonyl (C=O) groups is 2. The van der Waals surface area contributed by atoms with Crippen LogP contribution in [0.4, 0.5) is 0 Å². The average molecular weight is 275 g/mol. The van der Waals surface area contributed by atoms with Gasteiger partial charge in [-0.15, -0.1) is 0 Å². The summed E-state index contributed by atoms with van der Waals surface area (Å²) in [6.07, 6.45) is 0.658. The normalized spacial score (nSPS) is 18.9. The van der Waals surface area contributed by atoms with Crippen LogP contribution in [0.25, 0.3) is 0 Å². The highest BCUT2D eigenvalue weighted by atomic mass is 16.2. The fourth-order valence-electron chi connectivity index (χ4n) is 2.40. The smallest absolute Gasteiger partial charge is 0.244 e. The first-order chi connectivity index (χ1) is 9.49. The molecule has 1 unspecified atom stereocenters. The second kappa shape index (κ2) is 6.05. The molecular weight excluding hydrogens is 254 g/mol. The zero-order chi connectivity index (χ0) is 14.7. The van der Waals surface area contributed by atoms with Gasteiger partial charge in [0.15, 0.2) is 0 Å². The largest absolute Gasteiger partial charge is 0.347 e. The highest BCUT2D eigenvalue weighted by Crippen LogP contribution is 2.16. The Labute approximate surface area is 119 Å². The molecule has 108 valence electrons. The summed E-state index contributed by atoms with van der Waals surface area (Å²) in [4.78, 5) is 25.4. The summed E-state index contributed by atoms with van der Waals surface area (Å²) in [6.45, 7) is 2.39. The summed E-state index contributed by atoms with van der Waals surface area (Å²) in [5.41, 5.74) is 2.42. The van der Waals surface area contributed by atoms with Gasteiger partial charge >= 0.3 is 0 Å². The van der Waals surface area contributed by atoms with Crippen LogP contribution >= 0.6 is 0 Å². The van der Waals surface area contributed by atoms with E-state index in [9.17, 15) is 9.59 Å². The molecule has 1 aliphatic rings. The minimum absolute atomic E-state index is 0.102. The minimum atomic E-state index is -0.503. The molecule has 2 rings (SSSR count). The van der Waals surface area contributed by atoms with Gasteiger partial charge in [-0.05, 0) is 24.5 Å². The van der Waals surface area contributed by atoms with Gasteiger partial charge in [0.1, 0.15) is 6.04 Å². The van der Waals surface area contributed by atoms with Crippen LogP contribution in [0.15, 0.2) is 24.3 Å². The first kappa shape index (κ1) is 14.5. The number of hydrogen-bond acceptors (Lipinski definition) is 3. The molecule has 20 heavy (non-hydrogen) atoms. The molecule has 2 N–H and O–H groups in total. The van der Waals surface area contributed by atoms with Crippen LogP contribution in [0, 0.1) is 0 Å². The second-order valence-electron chi connectivity index (χ2n) is 5.37. The van der Waals surface area contributed by atoms with Crippen LogP contribution in [0.5, 0.6) is 0 Å². The van der Waals surface area contributed by atoms with Crippen molar-refractivity contribution in [3.8, 4) is 0 Å². The number of nitrogens with zero attached hydrogens (tertiary/aromatic N) is 1. The van der Waals surface area contributed by atoms with Crippen molar-refractivity contribution in [1.82, 2.24) is 15.5 Å². The van der Waals surface area contributed by atoms with E-state index < -0.39 is 6.04 Å². The Bertz CT molecular complexity index is 514. The Morgan fingerprint density at radius 2 is 1.95 bits per heavy atom. The predicted octanol–water partition coefficient (Wildman–Crippen LogP) is 0.294. The zero-order valence-electron chi connectivity index (χ0n) is 12.1. The van der Waals surface area contributed by atoms with Gasteiger partial charge in [-0.1, -0.05) is 24.3 Å². The Kier molecular flexibility index (Phi) is 4.39. The zero-order valence-corrected chi connectivity index (χ0v) is 12.1. The number of rotatable bonds is 3. The highest BCUT2D eigenvalue weighted by Gasteiger charge is 2.26. The maximum Gasteiger partial charge on any atom is 0.244 e. The fourth-order valence-corrected chi connectivity index (χ4v) is 2.40. The van der Waals surface area contributed by atoms with E-state index in [2.05, 4.69) is 16.7 Å². The number of nitrogens with one attached hydrogen (secondary N) is 2. The van der Waals surface area contributed by atoms with Crippen molar-refractivity contribution in [2.24, 2.45) is 0 Å². The Hall–Kier alpha value is -1.88. The monoisotopic (exact) mass is 275 g/mol. The summed E-state index contributed by atoms with van der Waals surface area (Å²) < 4.78 is 0. The summed E-state index contributed by atoms with van der Waals surface area (Å²) in [5, 5.41) is 5.98. The fraction of sp³-hybridized carbons (Fsp3) is 0.467. The molecule has 0 aliphatic carbocycles. The van der Waals surface area contributed by atoms with Crippen molar-refractivity contribution in [1.29, 1.82) is 0 Å². The molecule has 2 amide bonds. The maximum atomic E-state index is 12.2. The third kappa shape index (κ3) is 3.17. The van der Waals surface area contributed by atoms with Gasteiger partial charge in [0.05, 0.1) is 6.04 Å². The van der Waals surface area contributed by atoms with E-state index >= 15 is 0 Å². The van der Waals surface area contributed by atoms with Crippen molar-refractivity contribution >= 4 is 11.8 Å². The van der Waals surface area contributed by atoms with E-state index in [-0.39, 0.29) is 17.9 Å². The highest BCUT2D eigenvalue weighted by molar-refractivity contribution is 5.89. The lowest BCUT2D eigenvalue weighted by atomic mass is 9.95. The molecule has 0 aromatic heterocycles. The number of fused-ring (bicyclic) bond motifs is 1. The Morgan fingerprint density at radius 1 is 1.30 bits per heavy atom. The molecule has 5 heteroatoms. The molecule has 1 aromatic rings. The van der Waals surface area contributed by atoms with Crippen molar-refractivity contribution in [2.45, 2.75) is 32.0 Å². The summed E-state index contributed by atoms with van der Waals surface area (Å²) >= 11 is 0. The number of amides is 2. The Morgan fingerprint density at radius 3 is 2.60 bits per heavy atom. The van der Waals surface area contributed by atoms with Gasteiger partial charge in [0.25, 0.3) is 0 Å². The molecule has 1 heterocycles. The molecule has 0 bridgehead atoms. The average Bonchev–Trinajstić information content (AvgIpc) is 2.45. The van der Waals surface area contributed by atoms with Crippen LogP contribution < -0.4 is 10.6 Å². The molecule has 1 aromatic carbocycles. The van der Waals surface area contributed by atoms with Gasteiger partial charge in [-0.2, -0.15) is 0 Å². The number of benzene rings is 1. The number of hydrogen-bond donors (Lipinski definition) is 2.